The van der Waals surface area contributed by atoms with Gasteiger partial charge in [-0.15, -0.1) is 0 Å². The molecule has 2 heterocycles. The van der Waals surface area contributed by atoms with Gasteiger partial charge in [0.2, 0.25) is 0 Å². The molecule has 1 aliphatic heterocycles. The van der Waals surface area contributed by atoms with Crippen molar-refractivity contribution in [3.8, 4) is 0 Å². The molecule has 1 N–H and O–H groups in total. The third kappa shape index (κ3) is 6.11. The van der Waals surface area contributed by atoms with Gasteiger partial charge in [0.1, 0.15) is 5.82 Å². The first-order chi connectivity index (χ1) is 16.6. The number of carbonyl (C=O) groups is 1. The lowest BCUT2D eigenvalue weighted by atomic mass is 9.95. The van der Waals surface area contributed by atoms with Crippen LogP contribution in [0.5, 0.6) is 0 Å². The Kier molecular flexibility index (Phi) is 7.62. The molecule has 35 heavy (non-hydrogen) atoms. The molecule has 3 aromatic rings. The molecule has 188 valence electrons. The Bertz CT molecular complexity index is 1170. The number of aliphatic hydroxyl groups is 1. The van der Waals surface area contributed by atoms with E-state index in [1.165, 1.54) is 5.69 Å². The van der Waals surface area contributed by atoms with Crippen LogP contribution in [-0.4, -0.2) is 52.4 Å². The summed E-state index contributed by atoms with van der Waals surface area (Å²) in [5.41, 5.74) is 4.30. The first kappa shape index (κ1) is 25.4. The summed E-state index contributed by atoms with van der Waals surface area (Å²) in [6.07, 6.45) is 2.84. The maximum atomic E-state index is 14.3. The summed E-state index contributed by atoms with van der Waals surface area (Å²) in [5.74, 6) is 0.000101. The highest BCUT2D eigenvalue weighted by Crippen LogP contribution is 2.31. The third-order valence-electron chi connectivity index (χ3n) is 7.02. The maximum absolute atomic E-state index is 14.3. The second-order valence-corrected chi connectivity index (χ2v) is 10.5. The standard InChI is InChI=1S/C29H37FN2O3/c1-5-35-28(33)23-8-6-21(7-9-23)16-25-20(2)32(27-11-10-24(30)17-26(25)27)18-22-12-14-31(15-13-22)19-29(3,4)34/h6-11,17,22,34H,5,12-16,18-19H2,1-4H3. The molecule has 6 heteroatoms. The van der Waals surface area contributed by atoms with E-state index in [-0.39, 0.29) is 11.8 Å². The molecule has 0 bridgehead atoms. The smallest absolute Gasteiger partial charge is 0.338 e. The Balaban J connectivity index is 1.54. The third-order valence-corrected chi connectivity index (χ3v) is 7.02. The number of halogens is 1. The predicted molar refractivity (Wildman–Crippen MR) is 137 cm³/mol. The van der Waals surface area contributed by atoms with Crippen LogP contribution in [0.25, 0.3) is 10.9 Å². The van der Waals surface area contributed by atoms with E-state index in [0.717, 1.165) is 54.5 Å². The summed E-state index contributed by atoms with van der Waals surface area (Å²) in [4.78, 5) is 14.3. The van der Waals surface area contributed by atoms with Crippen LogP contribution in [0.15, 0.2) is 42.5 Å². The fourth-order valence-corrected chi connectivity index (χ4v) is 5.29. The molecule has 0 saturated carbocycles. The molecule has 0 atom stereocenters. The summed E-state index contributed by atoms with van der Waals surface area (Å²) in [6, 6.07) is 12.6. The molecule has 0 amide bonds. The molecular weight excluding hydrogens is 443 g/mol. The average molecular weight is 481 g/mol. The van der Waals surface area contributed by atoms with Crippen LogP contribution < -0.4 is 0 Å². The van der Waals surface area contributed by atoms with E-state index in [9.17, 15) is 14.3 Å². The van der Waals surface area contributed by atoms with Crippen LogP contribution in [0.4, 0.5) is 4.39 Å². The lowest BCUT2D eigenvalue weighted by molar-refractivity contribution is 0.0234. The number of esters is 1. The number of nitrogens with zero attached hydrogens (tertiary/aromatic N) is 2. The number of likely N-dealkylation sites (tertiary alicyclic amines) is 1. The monoisotopic (exact) mass is 480 g/mol. The van der Waals surface area contributed by atoms with Gasteiger partial charge in [-0.05, 0) is 107 Å². The van der Waals surface area contributed by atoms with Gasteiger partial charge in [-0.1, -0.05) is 12.1 Å². The van der Waals surface area contributed by atoms with Crippen LogP contribution in [0.3, 0.4) is 0 Å². The SMILES string of the molecule is CCOC(=O)c1ccc(Cc2c(C)n(CC3CCN(CC(C)(C)O)CC3)c3ccc(F)cc23)cc1. The molecule has 2 aromatic carbocycles. The zero-order valence-corrected chi connectivity index (χ0v) is 21.3. The molecule has 4 rings (SSSR count). The topological polar surface area (TPSA) is 54.7 Å². The number of carbonyl (C=O) groups excluding carboxylic acids is 1. The van der Waals surface area contributed by atoms with E-state index in [0.29, 0.717) is 31.1 Å². The minimum Gasteiger partial charge on any atom is -0.462 e. The zero-order chi connectivity index (χ0) is 25.2. The Morgan fingerprint density at radius 1 is 1.14 bits per heavy atom. The molecule has 0 spiro atoms. The van der Waals surface area contributed by atoms with Crippen LogP contribution in [-0.2, 0) is 17.7 Å². The number of benzene rings is 2. The van der Waals surface area contributed by atoms with Crippen molar-refractivity contribution >= 4 is 16.9 Å². The highest BCUT2D eigenvalue weighted by atomic mass is 19.1. The molecule has 1 saturated heterocycles. The number of hydrogen-bond donors (Lipinski definition) is 1. The molecule has 1 aromatic heterocycles. The molecule has 1 fully saturated rings. The lowest BCUT2D eigenvalue weighted by Crippen LogP contribution is -2.43. The summed E-state index contributed by atoms with van der Waals surface area (Å²) in [5, 5.41) is 11.1. The first-order valence-corrected chi connectivity index (χ1v) is 12.6. The molecule has 1 aliphatic rings. The van der Waals surface area contributed by atoms with Crippen molar-refractivity contribution in [2.75, 3.05) is 26.2 Å². The second-order valence-electron chi connectivity index (χ2n) is 10.5. The Labute approximate surface area is 207 Å². The zero-order valence-electron chi connectivity index (χ0n) is 21.3. The van der Waals surface area contributed by atoms with E-state index >= 15 is 0 Å². The molecule has 0 unspecified atom stereocenters. The molecule has 0 radical (unpaired) electrons. The van der Waals surface area contributed by atoms with Gasteiger partial charge in [-0.2, -0.15) is 0 Å². The quantitative estimate of drug-likeness (QED) is 0.442. The van der Waals surface area contributed by atoms with Crippen molar-refractivity contribution in [3.05, 3.63) is 70.7 Å². The van der Waals surface area contributed by atoms with Crippen molar-refractivity contribution in [1.82, 2.24) is 9.47 Å². The highest BCUT2D eigenvalue weighted by Gasteiger charge is 2.25. The largest absolute Gasteiger partial charge is 0.462 e. The van der Waals surface area contributed by atoms with Gasteiger partial charge >= 0.3 is 5.97 Å². The fraction of sp³-hybridized carbons (Fsp3) is 0.483. The summed E-state index contributed by atoms with van der Waals surface area (Å²) in [6.45, 7) is 11.6. The van der Waals surface area contributed by atoms with Crippen molar-refractivity contribution < 1.29 is 19.0 Å². The number of hydrogen-bond acceptors (Lipinski definition) is 4. The number of ether oxygens (including phenoxy) is 1. The second kappa shape index (κ2) is 10.5. The van der Waals surface area contributed by atoms with Gasteiger partial charge in [-0.25, -0.2) is 9.18 Å². The molecule has 5 nitrogen and oxygen atoms in total. The van der Waals surface area contributed by atoms with E-state index in [1.54, 1.807) is 31.2 Å². The Morgan fingerprint density at radius 3 is 2.46 bits per heavy atom. The maximum Gasteiger partial charge on any atom is 0.338 e. The summed E-state index contributed by atoms with van der Waals surface area (Å²) >= 11 is 0. The Morgan fingerprint density at radius 2 is 1.83 bits per heavy atom. The van der Waals surface area contributed by atoms with Gasteiger partial charge < -0.3 is 19.3 Å². The number of aromatic nitrogens is 1. The minimum atomic E-state index is -0.673. The van der Waals surface area contributed by atoms with Crippen molar-refractivity contribution in [2.24, 2.45) is 5.92 Å². The number of piperidine rings is 1. The highest BCUT2D eigenvalue weighted by molar-refractivity contribution is 5.89. The van der Waals surface area contributed by atoms with E-state index < -0.39 is 5.60 Å². The van der Waals surface area contributed by atoms with Crippen molar-refractivity contribution in [2.45, 2.75) is 59.1 Å². The minimum absolute atomic E-state index is 0.228. The van der Waals surface area contributed by atoms with E-state index in [4.69, 9.17) is 4.74 Å². The average Bonchev–Trinajstić information content (AvgIpc) is 3.05. The van der Waals surface area contributed by atoms with Crippen LogP contribution in [0, 0.1) is 18.7 Å². The number of rotatable bonds is 8. The van der Waals surface area contributed by atoms with Gasteiger partial charge in [0.05, 0.1) is 17.8 Å². The van der Waals surface area contributed by atoms with E-state index in [1.807, 2.05) is 32.0 Å². The lowest BCUT2D eigenvalue weighted by Gasteiger charge is -2.35. The predicted octanol–water partition coefficient (Wildman–Crippen LogP) is 5.34. The normalized spacial score (nSPS) is 15.6. The van der Waals surface area contributed by atoms with Crippen molar-refractivity contribution in [3.63, 3.8) is 0 Å². The Hall–Kier alpha value is -2.70. The molecule has 0 aliphatic carbocycles. The van der Waals surface area contributed by atoms with Crippen LogP contribution in [0.1, 0.15) is 60.8 Å². The molecular formula is C29H37FN2O3. The van der Waals surface area contributed by atoms with Gasteiger partial charge in [0.25, 0.3) is 0 Å². The van der Waals surface area contributed by atoms with Gasteiger partial charge in [0.15, 0.2) is 0 Å². The summed E-state index contributed by atoms with van der Waals surface area (Å²) in [7, 11) is 0. The van der Waals surface area contributed by atoms with E-state index in [2.05, 4.69) is 16.4 Å². The van der Waals surface area contributed by atoms with Crippen molar-refractivity contribution in [1.29, 1.82) is 0 Å². The van der Waals surface area contributed by atoms with Crippen LogP contribution >= 0.6 is 0 Å². The summed E-state index contributed by atoms with van der Waals surface area (Å²) < 4.78 is 21.7. The van der Waals surface area contributed by atoms with Crippen LogP contribution in [0.2, 0.25) is 0 Å². The fourth-order valence-electron chi connectivity index (χ4n) is 5.29. The first-order valence-electron chi connectivity index (χ1n) is 12.6. The number of fused-ring (bicyclic) bond motifs is 1. The van der Waals surface area contributed by atoms with Gasteiger partial charge in [-0.3, -0.25) is 0 Å². The van der Waals surface area contributed by atoms with Gasteiger partial charge in [0, 0.05) is 29.7 Å². The number of β-amino-alcohol motifs (C(OH)–C–C–N with tert-alkyl or cyclic N) is 1.